The number of halogens is 2. The summed E-state index contributed by atoms with van der Waals surface area (Å²) in [5.41, 5.74) is 5.37. The highest BCUT2D eigenvalue weighted by molar-refractivity contribution is 5.85. The van der Waals surface area contributed by atoms with Crippen molar-refractivity contribution in [3.8, 4) is 17.2 Å². The van der Waals surface area contributed by atoms with E-state index in [1.54, 1.807) is 21.3 Å². The van der Waals surface area contributed by atoms with Crippen LogP contribution in [0.3, 0.4) is 0 Å². The maximum absolute atomic E-state index is 5.69. The lowest BCUT2D eigenvalue weighted by Gasteiger charge is -2.36. The fraction of sp³-hybridized carbons (Fsp3) is 0.613. The minimum absolute atomic E-state index is 0. The summed E-state index contributed by atoms with van der Waals surface area (Å²) in [6.07, 6.45) is 10.8. The number of benzene rings is 2. The highest BCUT2D eigenvalue weighted by Crippen LogP contribution is 2.38. The van der Waals surface area contributed by atoms with Gasteiger partial charge in [-0.1, -0.05) is 38.0 Å². The zero-order valence-corrected chi connectivity index (χ0v) is 25.8. The van der Waals surface area contributed by atoms with Crippen molar-refractivity contribution in [3.63, 3.8) is 0 Å². The Morgan fingerprint density at radius 1 is 0.868 bits per heavy atom. The van der Waals surface area contributed by atoms with Gasteiger partial charge in [0.15, 0.2) is 11.5 Å². The Bertz CT molecular complexity index is 942. The Morgan fingerprint density at radius 3 is 2.29 bits per heavy atom. The molecular weight excluding hydrogens is 519 g/mol. The van der Waals surface area contributed by atoms with Crippen LogP contribution in [0.2, 0.25) is 0 Å². The van der Waals surface area contributed by atoms with E-state index in [4.69, 9.17) is 14.2 Å². The van der Waals surface area contributed by atoms with Crippen molar-refractivity contribution in [2.75, 3.05) is 47.5 Å². The third-order valence-electron chi connectivity index (χ3n) is 7.55. The average Bonchev–Trinajstić information content (AvgIpc) is 2.90. The van der Waals surface area contributed by atoms with Crippen molar-refractivity contribution >= 4 is 24.8 Å². The summed E-state index contributed by atoms with van der Waals surface area (Å²) in [4.78, 5) is 2.74. The molecule has 5 nitrogen and oxygen atoms in total. The van der Waals surface area contributed by atoms with E-state index in [1.165, 1.54) is 73.9 Å². The Labute approximate surface area is 243 Å². The van der Waals surface area contributed by atoms with Gasteiger partial charge in [-0.05, 0) is 107 Å². The quantitative estimate of drug-likeness (QED) is 0.225. The summed E-state index contributed by atoms with van der Waals surface area (Å²) in [5.74, 6) is 2.76. The van der Waals surface area contributed by atoms with Crippen LogP contribution in [0.15, 0.2) is 30.3 Å². The van der Waals surface area contributed by atoms with Crippen molar-refractivity contribution in [2.24, 2.45) is 0 Å². The first kappa shape index (κ1) is 34.4. The number of aryl methyl sites for hydroxylation is 1. The molecule has 2 aromatic carbocycles. The van der Waals surface area contributed by atoms with E-state index in [2.05, 4.69) is 54.4 Å². The van der Waals surface area contributed by atoms with E-state index in [0.29, 0.717) is 6.04 Å². The van der Waals surface area contributed by atoms with Crippen molar-refractivity contribution < 1.29 is 14.2 Å². The Morgan fingerprint density at radius 2 is 1.61 bits per heavy atom. The van der Waals surface area contributed by atoms with Gasteiger partial charge in [0, 0.05) is 11.6 Å². The van der Waals surface area contributed by atoms with Gasteiger partial charge in [0.2, 0.25) is 0 Å². The summed E-state index contributed by atoms with van der Waals surface area (Å²) >= 11 is 0. The molecule has 0 saturated heterocycles. The number of rotatable bonds is 16. The van der Waals surface area contributed by atoms with Gasteiger partial charge in [0.1, 0.15) is 5.75 Å². The molecular formula is C31H50Cl2N2O3. The summed E-state index contributed by atoms with van der Waals surface area (Å²) in [6, 6.07) is 11.4. The molecule has 0 fully saturated rings. The number of hydrogen-bond donors (Lipinski definition) is 1. The lowest BCUT2D eigenvalue weighted by molar-refractivity contribution is 0.175. The number of hydrogen-bond acceptors (Lipinski definition) is 5. The fourth-order valence-electron chi connectivity index (χ4n) is 5.61. The number of unbranched alkanes of at least 4 members (excludes halogenated alkanes) is 3. The van der Waals surface area contributed by atoms with Crippen LogP contribution in [-0.4, -0.2) is 58.5 Å². The topological polar surface area (TPSA) is 43.0 Å². The summed E-state index contributed by atoms with van der Waals surface area (Å²) in [7, 11) is 5.21. The molecule has 0 saturated carbocycles. The van der Waals surface area contributed by atoms with Gasteiger partial charge in [-0.15, -0.1) is 24.8 Å². The molecule has 7 heteroatoms. The molecule has 1 unspecified atom stereocenters. The highest BCUT2D eigenvalue weighted by Gasteiger charge is 2.27. The number of fused-ring (bicyclic) bond motifs is 1. The molecule has 1 aliphatic rings. The normalized spacial score (nSPS) is 14.3. The second-order valence-corrected chi connectivity index (χ2v) is 10.1. The lowest BCUT2D eigenvalue weighted by Crippen LogP contribution is -2.40. The van der Waals surface area contributed by atoms with Gasteiger partial charge in [-0.25, -0.2) is 0 Å². The SMILES string of the molecule is CCCN(CCCCCCNCCc1ccc(OC)c(C)c1)C1CCc2c(ccc(OC)c2OC)C1.Cl.Cl. The van der Waals surface area contributed by atoms with Gasteiger partial charge in [0.25, 0.3) is 0 Å². The van der Waals surface area contributed by atoms with Crippen molar-refractivity contribution in [3.05, 3.63) is 52.6 Å². The average molecular weight is 570 g/mol. The zero-order valence-electron chi connectivity index (χ0n) is 24.1. The maximum atomic E-state index is 5.69. The Kier molecular flexibility index (Phi) is 16.8. The molecule has 2 aromatic rings. The predicted octanol–water partition coefficient (Wildman–Crippen LogP) is 6.83. The van der Waals surface area contributed by atoms with Crippen LogP contribution in [-0.2, 0) is 19.3 Å². The molecule has 0 amide bonds. The van der Waals surface area contributed by atoms with Crippen LogP contribution in [0.4, 0.5) is 0 Å². The van der Waals surface area contributed by atoms with Gasteiger partial charge in [-0.2, -0.15) is 0 Å². The van der Waals surface area contributed by atoms with Gasteiger partial charge in [0.05, 0.1) is 21.3 Å². The van der Waals surface area contributed by atoms with Crippen LogP contribution in [0.1, 0.15) is 67.7 Å². The Balaban J connectivity index is 0.00000361. The molecule has 0 radical (unpaired) electrons. The van der Waals surface area contributed by atoms with Crippen molar-refractivity contribution in [2.45, 2.75) is 77.7 Å². The van der Waals surface area contributed by atoms with E-state index in [9.17, 15) is 0 Å². The van der Waals surface area contributed by atoms with Gasteiger partial charge >= 0.3 is 0 Å². The molecule has 3 rings (SSSR count). The van der Waals surface area contributed by atoms with Crippen LogP contribution < -0.4 is 19.5 Å². The van der Waals surface area contributed by atoms with E-state index in [1.807, 2.05) is 0 Å². The van der Waals surface area contributed by atoms with Gasteiger partial charge in [-0.3, -0.25) is 0 Å². The fourth-order valence-corrected chi connectivity index (χ4v) is 5.61. The standard InChI is InChI=1S/C31H48N2O3.2ClH/c1-6-20-33(27-13-14-28-26(23-27)12-16-30(35-4)31(28)36-5)21-10-8-7-9-18-32-19-17-25-11-15-29(34-3)24(2)22-25;;/h11-12,15-16,22,27,32H,6-10,13-14,17-21,23H2,1-5H3;2*1H. The maximum Gasteiger partial charge on any atom is 0.164 e. The lowest BCUT2D eigenvalue weighted by atomic mass is 9.86. The zero-order chi connectivity index (χ0) is 25.8. The van der Waals surface area contributed by atoms with Crippen LogP contribution in [0.25, 0.3) is 0 Å². The van der Waals surface area contributed by atoms with Crippen LogP contribution in [0, 0.1) is 6.92 Å². The molecule has 1 atom stereocenters. The first-order valence-corrected chi connectivity index (χ1v) is 13.9. The minimum atomic E-state index is 0. The van der Waals surface area contributed by atoms with E-state index < -0.39 is 0 Å². The molecule has 216 valence electrons. The first-order chi connectivity index (χ1) is 17.6. The number of methoxy groups -OCH3 is 3. The van der Waals surface area contributed by atoms with Crippen LogP contribution in [0.5, 0.6) is 17.2 Å². The molecule has 0 aromatic heterocycles. The van der Waals surface area contributed by atoms with Crippen LogP contribution >= 0.6 is 24.8 Å². The third-order valence-corrected chi connectivity index (χ3v) is 7.55. The third kappa shape index (κ3) is 9.82. The molecule has 0 bridgehead atoms. The molecule has 0 aliphatic heterocycles. The second kappa shape index (κ2) is 18.6. The summed E-state index contributed by atoms with van der Waals surface area (Å²) in [5, 5.41) is 3.62. The number of ether oxygens (including phenoxy) is 3. The molecule has 1 aliphatic carbocycles. The molecule has 0 spiro atoms. The largest absolute Gasteiger partial charge is 0.496 e. The van der Waals surface area contributed by atoms with E-state index >= 15 is 0 Å². The summed E-state index contributed by atoms with van der Waals surface area (Å²) in [6.45, 7) is 8.97. The highest BCUT2D eigenvalue weighted by atomic mass is 35.5. The Hall–Kier alpha value is -1.66. The molecule has 1 N–H and O–H groups in total. The second-order valence-electron chi connectivity index (χ2n) is 10.1. The number of nitrogens with zero attached hydrogens (tertiary/aromatic N) is 1. The van der Waals surface area contributed by atoms with Crippen molar-refractivity contribution in [1.29, 1.82) is 0 Å². The van der Waals surface area contributed by atoms with Crippen molar-refractivity contribution in [1.82, 2.24) is 10.2 Å². The molecule has 38 heavy (non-hydrogen) atoms. The van der Waals surface area contributed by atoms with Gasteiger partial charge < -0.3 is 24.4 Å². The van der Waals surface area contributed by atoms with E-state index in [-0.39, 0.29) is 24.8 Å². The minimum Gasteiger partial charge on any atom is -0.496 e. The first-order valence-electron chi connectivity index (χ1n) is 13.9. The smallest absolute Gasteiger partial charge is 0.164 e. The monoisotopic (exact) mass is 568 g/mol. The molecule has 0 heterocycles. The van der Waals surface area contributed by atoms with E-state index in [0.717, 1.165) is 49.6 Å². The number of nitrogens with one attached hydrogen (secondary N) is 1. The summed E-state index contributed by atoms with van der Waals surface area (Å²) < 4.78 is 16.6. The predicted molar refractivity (Wildman–Crippen MR) is 164 cm³/mol.